The highest BCUT2D eigenvalue weighted by Crippen LogP contribution is 2.26. The second-order valence-corrected chi connectivity index (χ2v) is 8.57. The van der Waals surface area contributed by atoms with Crippen molar-refractivity contribution in [3.63, 3.8) is 0 Å². The molecule has 0 aliphatic carbocycles. The number of hydrogen-bond acceptors (Lipinski definition) is 7. The zero-order valence-corrected chi connectivity index (χ0v) is 18.7. The van der Waals surface area contributed by atoms with E-state index in [1.165, 1.54) is 11.3 Å². The van der Waals surface area contributed by atoms with Crippen molar-refractivity contribution in [1.29, 1.82) is 0 Å². The van der Waals surface area contributed by atoms with E-state index in [9.17, 15) is 9.59 Å². The van der Waals surface area contributed by atoms with E-state index in [2.05, 4.69) is 15.5 Å². The van der Waals surface area contributed by atoms with E-state index in [0.29, 0.717) is 37.1 Å². The van der Waals surface area contributed by atoms with E-state index in [4.69, 9.17) is 4.74 Å². The third-order valence-electron chi connectivity index (χ3n) is 5.13. The summed E-state index contributed by atoms with van der Waals surface area (Å²) in [5, 5.41) is 12.4. The van der Waals surface area contributed by atoms with E-state index < -0.39 is 0 Å². The normalized spacial score (nSPS) is 14.2. The van der Waals surface area contributed by atoms with Crippen molar-refractivity contribution < 1.29 is 14.3 Å². The van der Waals surface area contributed by atoms with Crippen molar-refractivity contribution in [1.82, 2.24) is 20.0 Å². The number of piperazine rings is 1. The monoisotopic (exact) mass is 451 g/mol. The minimum Gasteiger partial charge on any atom is -0.484 e. The molecule has 3 aromatic rings. The molecule has 32 heavy (non-hydrogen) atoms. The third-order valence-corrected chi connectivity index (χ3v) is 6.02. The lowest BCUT2D eigenvalue weighted by Gasteiger charge is -2.34. The van der Waals surface area contributed by atoms with Crippen LogP contribution in [0, 0.1) is 6.92 Å². The maximum Gasteiger partial charge on any atom is 0.260 e. The predicted octanol–water partition coefficient (Wildman–Crippen LogP) is 2.68. The predicted molar refractivity (Wildman–Crippen MR) is 124 cm³/mol. The number of ether oxygens (including phenoxy) is 1. The largest absolute Gasteiger partial charge is 0.484 e. The molecule has 0 unspecified atom stereocenters. The molecule has 0 spiro atoms. The van der Waals surface area contributed by atoms with Crippen LogP contribution in [0.1, 0.15) is 5.56 Å². The molecule has 0 bridgehead atoms. The van der Waals surface area contributed by atoms with Crippen LogP contribution >= 0.6 is 11.3 Å². The Morgan fingerprint density at radius 1 is 1.03 bits per heavy atom. The SMILES string of the molecule is Cc1cccc(-c2nnc(NC(=O)CN3CCN(C(=O)COc4ccccc4)CC3)s2)c1. The molecule has 0 saturated carbocycles. The molecule has 1 fully saturated rings. The van der Waals surface area contributed by atoms with Crippen LogP contribution in [0.5, 0.6) is 5.75 Å². The number of nitrogens with zero attached hydrogens (tertiary/aromatic N) is 4. The summed E-state index contributed by atoms with van der Waals surface area (Å²) in [6, 6.07) is 17.3. The second-order valence-electron chi connectivity index (χ2n) is 7.59. The van der Waals surface area contributed by atoms with Crippen LogP contribution < -0.4 is 10.1 Å². The molecular formula is C23H25N5O3S. The molecule has 0 atom stereocenters. The van der Waals surface area contributed by atoms with Gasteiger partial charge in [0.25, 0.3) is 5.91 Å². The summed E-state index contributed by atoms with van der Waals surface area (Å²) in [6.07, 6.45) is 0. The second kappa shape index (κ2) is 10.3. The van der Waals surface area contributed by atoms with Gasteiger partial charge in [0.05, 0.1) is 6.54 Å². The number of carbonyl (C=O) groups is 2. The Morgan fingerprint density at radius 2 is 1.81 bits per heavy atom. The van der Waals surface area contributed by atoms with Crippen LogP contribution in [0.4, 0.5) is 5.13 Å². The van der Waals surface area contributed by atoms with Gasteiger partial charge in [-0.1, -0.05) is 53.3 Å². The van der Waals surface area contributed by atoms with Crippen molar-refractivity contribution in [2.75, 3.05) is 44.6 Å². The first-order valence-corrected chi connectivity index (χ1v) is 11.3. The maximum absolute atomic E-state index is 12.4. The van der Waals surface area contributed by atoms with Crippen LogP contribution in [0.25, 0.3) is 10.6 Å². The molecule has 2 aromatic carbocycles. The fourth-order valence-corrected chi connectivity index (χ4v) is 4.19. The quantitative estimate of drug-likeness (QED) is 0.594. The Balaban J connectivity index is 1.20. The molecule has 0 radical (unpaired) electrons. The molecule has 1 saturated heterocycles. The van der Waals surface area contributed by atoms with Gasteiger partial charge in [0, 0.05) is 31.7 Å². The Kier molecular flexibility index (Phi) is 7.08. The Bertz CT molecular complexity index is 1060. The summed E-state index contributed by atoms with van der Waals surface area (Å²) in [5.74, 6) is 0.498. The van der Waals surface area contributed by atoms with E-state index in [1.807, 2.05) is 66.4 Å². The van der Waals surface area contributed by atoms with Gasteiger partial charge >= 0.3 is 0 Å². The zero-order valence-electron chi connectivity index (χ0n) is 17.9. The van der Waals surface area contributed by atoms with E-state index >= 15 is 0 Å². The van der Waals surface area contributed by atoms with Crippen molar-refractivity contribution in [3.05, 3.63) is 60.2 Å². The number of carbonyl (C=O) groups excluding carboxylic acids is 2. The van der Waals surface area contributed by atoms with Crippen LogP contribution in [0.3, 0.4) is 0 Å². The lowest BCUT2D eigenvalue weighted by atomic mass is 10.1. The average molecular weight is 452 g/mol. The summed E-state index contributed by atoms with van der Waals surface area (Å²) in [6.45, 7) is 4.70. The fraction of sp³-hybridized carbons (Fsp3) is 0.304. The number of benzene rings is 2. The molecule has 8 nitrogen and oxygen atoms in total. The molecule has 4 rings (SSSR count). The van der Waals surface area contributed by atoms with Gasteiger partial charge < -0.3 is 9.64 Å². The molecule has 1 N–H and O–H groups in total. The smallest absolute Gasteiger partial charge is 0.260 e. The summed E-state index contributed by atoms with van der Waals surface area (Å²) >= 11 is 1.35. The number of aryl methyl sites for hydroxylation is 1. The minimum atomic E-state index is -0.135. The summed E-state index contributed by atoms with van der Waals surface area (Å²) in [7, 11) is 0. The summed E-state index contributed by atoms with van der Waals surface area (Å²) < 4.78 is 5.54. The maximum atomic E-state index is 12.4. The number of hydrogen-bond donors (Lipinski definition) is 1. The first-order chi connectivity index (χ1) is 15.6. The standard InChI is InChI=1S/C23H25N5O3S/c1-17-6-5-7-18(14-17)22-25-26-23(32-22)24-20(29)15-27-10-12-28(13-11-27)21(30)16-31-19-8-3-2-4-9-19/h2-9,14H,10-13,15-16H2,1H3,(H,24,26,29). The minimum absolute atomic E-state index is 0.0187. The molecule has 1 aliphatic heterocycles. The van der Waals surface area contributed by atoms with Gasteiger partial charge in [0.2, 0.25) is 11.0 Å². The van der Waals surface area contributed by atoms with Crippen LogP contribution in [-0.4, -0.2) is 71.1 Å². The number of para-hydroxylation sites is 1. The van der Waals surface area contributed by atoms with Gasteiger partial charge in [-0.3, -0.25) is 19.8 Å². The van der Waals surface area contributed by atoms with E-state index in [1.54, 1.807) is 4.90 Å². The van der Waals surface area contributed by atoms with Gasteiger partial charge in [-0.05, 0) is 25.1 Å². The van der Waals surface area contributed by atoms with Crippen molar-refractivity contribution in [3.8, 4) is 16.3 Å². The molecule has 2 amide bonds. The van der Waals surface area contributed by atoms with Crippen LogP contribution in [-0.2, 0) is 9.59 Å². The van der Waals surface area contributed by atoms with Gasteiger partial charge in [-0.2, -0.15) is 0 Å². The van der Waals surface area contributed by atoms with Crippen LogP contribution in [0.2, 0.25) is 0 Å². The number of amides is 2. The van der Waals surface area contributed by atoms with E-state index in [0.717, 1.165) is 16.1 Å². The number of aromatic nitrogens is 2. The highest BCUT2D eigenvalue weighted by atomic mass is 32.1. The topological polar surface area (TPSA) is 87.7 Å². The number of rotatable bonds is 7. The zero-order chi connectivity index (χ0) is 22.3. The highest BCUT2D eigenvalue weighted by Gasteiger charge is 2.23. The summed E-state index contributed by atoms with van der Waals surface area (Å²) in [4.78, 5) is 28.6. The first kappa shape index (κ1) is 21.9. The Morgan fingerprint density at radius 3 is 2.56 bits per heavy atom. The Labute approximate surface area is 190 Å². The fourth-order valence-electron chi connectivity index (χ4n) is 3.44. The van der Waals surface area contributed by atoms with Gasteiger partial charge in [-0.15, -0.1) is 10.2 Å². The molecule has 1 aliphatic rings. The number of anilines is 1. The first-order valence-electron chi connectivity index (χ1n) is 10.5. The molecule has 9 heteroatoms. The number of nitrogens with one attached hydrogen (secondary N) is 1. The molecule has 166 valence electrons. The summed E-state index contributed by atoms with van der Waals surface area (Å²) in [5.41, 5.74) is 2.13. The Hall–Kier alpha value is -3.30. The molecule has 2 heterocycles. The van der Waals surface area contributed by atoms with Crippen molar-refractivity contribution in [2.45, 2.75) is 6.92 Å². The van der Waals surface area contributed by atoms with Gasteiger partial charge in [0.15, 0.2) is 6.61 Å². The van der Waals surface area contributed by atoms with Gasteiger partial charge in [-0.25, -0.2) is 0 Å². The highest BCUT2D eigenvalue weighted by molar-refractivity contribution is 7.18. The molecular weight excluding hydrogens is 426 g/mol. The van der Waals surface area contributed by atoms with Crippen LogP contribution in [0.15, 0.2) is 54.6 Å². The van der Waals surface area contributed by atoms with Crippen molar-refractivity contribution in [2.24, 2.45) is 0 Å². The van der Waals surface area contributed by atoms with E-state index in [-0.39, 0.29) is 25.0 Å². The molecule has 1 aromatic heterocycles. The van der Waals surface area contributed by atoms with Gasteiger partial charge in [0.1, 0.15) is 10.8 Å². The lowest BCUT2D eigenvalue weighted by Crippen LogP contribution is -2.51. The van der Waals surface area contributed by atoms with Crippen molar-refractivity contribution >= 4 is 28.3 Å². The lowest BCUT2D eigenvalue weighted by molar-refractivity contribution is -0.135. The third kappa shape index (κ3) is 5.89. The average Bonchev–Trinajstić information content (AvgIpc) is 3.27.